The zero-order chi connectivity index (χ0) is 27.4. The molecule has 10 heteroatoms. The molecule has 1 atom stereocenters. The number of fused-ring (bicyclic) bond motifs is 1. The van der Waals surface area contributed by atoms with Crippen molar-refractivity contribution in [1.29, 1.82) is 0 Å². The predicted octanol–water partition coefficient (Wildman–Crippen LogP) is 5.54. The van der Waals surface area contributed by atoms with Crippen molar-refractivity contribution >= 4 is 23.0 Å². The third-order valence-electron chi connectivity index (χ3n) is 6.95. The fourth-order valence-electron chi connectivity index (χ4n) is 5.14. The van der Waals surface area contributed by atoms with Crippen LogP contribution in [0.2, 0.25) is 5.02 Å². The number of alkyl halides is 3. The molecule has 1 amide bonds. The van der Waals surface area contributed by atoms with Crippen LogP contribution in [-0.4, -0.2) is 51.6 Å². The number of unbranched alkanes of at least 4 members (excludes halogenated alkanes) is 1. The third kappa shape index (κ3) is 6.99. The van der Waals surface area contributed by atoms with E-state index in [1.165, 1.54) is 4.57 Å². The molecule has 206 valence electrons. The lowest BCUT2D eigenvalue weighted by molar-refractivity contribution is -0.186. The summed E-state index contributed by atoms with van der Waals surface area (Å²) in [6.45, 7) is 5.03. The van der Waals surface area contributed by atoms with Crippen LogP contribution in [0.25, 0.3) is 16.8 Å². The van der Waals surface area contributed by atoms with Crippen LogP contribution < -0.4 is 10.9 Å². The number of hydrogen-bond acceptors (Lipinski definition) is 3. The Morgan fingerprint density at radius 1 is 1.18 bits per heavy atom. The van der Waals surface area contributed by atoms with Gasteiger partial charge in [-0.2, -0.15) is 13.2 Å². The highest BCUT2D eigenvalue weighted by Crippen LogP contribution is 2.33. The lowest BCUT2D eigenvalue weighted by Gasteiger charge is -2.33. The van der Waals surface area contributed by atoms with Crippen LogP contribution in [0.3, 0.4) is 0 Å². The molecule has 6 nitrogen and oxygen atoms in total. The quantitative estimate of drug-likeness (QED) is 0.356. The summed E-state index contributed by atoms with van der Waals surface area (Å²) in [5, 5.41) is 3.36. The van der Waals surface area contributed by atoms with E-state index in [0.717, 1.165) is 24.0 Å². The highest BCUT2D eigenvalue weighted by molar-refractivity contribution is 6.30. The topological polar surface area (TPSA) is 58.8 Å². The van der Waals surface area contributed by atoms with Gasteiger partial charge in [0, 0.05) is 35.6 Å². The first-order chi connectivity index (χ1) is 18.0. The van der Waals surface area contributed by atoms with Gasteiger partial charge >= 0.3 is 6.18 Å². The van der Waals surface area contributed by atoms with Gasteiger partial charge in [0.15, 0.2) is 0 Å². The molecule has 3 aromatic rings. The number of piperidine rings is 1. The number of carbonyl (C=O) groups excluding carboxylic acids is 1. The number of halogens is 4. The number of benzene rings is 1. The summed E-state index contributed by atoms with van der Waals surface area (Å²) >= 11 is 6.21. The monoisotopic (exact) mass is 550 g/mol. The Kier molecular flexibility index (Phi) is 8.88. The minimum Gasteiger partial charge on any atom is -0.352 e. The van der Waals surface area contributed by atoms with E-state index in [0.29, 0.717) is 42.2 Å². The third-order valence-corrected chi connectivity index (χ3v) is 7.19. The van der Waals surface area contributed by atoms with Crippen molar-refractivity contribution in [2.75, 3.05) is 19.6 Å². The standard InChI is InChI=1S/C28H34ClF3N4O2/c1-19(2)33-26(37)18-36-25(21-8-5-10-23(29)14-21)17-35-15-20(13-24(35)27(36)38)7-3-4-11-34-12-6-9-22(16-34)28(30,31)32/h5,8,10,13-15,17,19,22H,3-4,6-7,9,11-12,16,18H2,1-2H3,(H,33,37)/t22-/m0/s1. The number of likely N-dealkylation sites (tertiary alicyclic amines) is 1. The minimum absolute atomic E-state index is 0.0549. The van der Waals surface area contributed by atoms with E-state index < -0.39 is 12.1 Å². The van der Waals surface area contributed by atoms with Gasteiger partial charge < -0.3 is 14.6 Å². The van der Waals surface area contributed by atoms with Crippen molar-refractivity contribution in [3.05, 3.63) is 63.7 Å². The number of hydrogen-bond donors (Lipinski definition) is 1. The molecule has 3 heterocycles. The summed E-state index contributed by atoms with van der Waals surface area (Å²) in [6.07, 6.45) is 2.69. The van der Waals surface area contributed by atoms with E-state index in [-0.39, 0.29) is 37.0 Å². The van der Waals surface area contributed by atoms with E-state index >= 15 is 0 Å². The number of aryl methyl sites for hydroxylation is 1. The van der Waals surface area contributed by atoms with E-state index in [2.05, 4.69) is 5.32 Å². The Labute approximate surface area is 225 Å². The van der Waals surface area contributed by atoms with Gasteiger partial charge in [-0.25, -0.2) is 0 Å². The molecule has 1 saturated heterocycles. The molecule has 1 aromatic carbocycles. The Balaban J connectivity index is 1.50. The number of aromatic nitrogens is 2. The summed E-state index contributed by atoms with van der Waals surface area (Å²) in [7, 11) is 0. The normalized spacial score (nSPS) is 16.9. The van der Waals surface area contributed by atoms with Crippen molar-refractivity contribution in [2.24, 2.45) is 5.92 Å². The Morgan fingerprint density at radius 3 is 2.68 bits per heavy atom. The Bertz CT molecular complexity index is 1330. The predicted molar refractivity (Wildman–Crippen MR) is 144 cm³/mol. The van der Waals surface area contributed by atoms with E-state index in [1.54, 1.807) is 22.6 Å². The summed E-state index contributed by atoms with van der Waals surface area (Å²) in [6, 6.07) is 8.93. The molecule has 38 heavy (non-hydrogen) atoms. The maximum atomic E-state index is 13.5. The summed E-state index contributed by atoms with van der Waals surface area (Å²) < 4.78 is 42.5. The zero-order valence-corrected chi connectivity index (χ0v) is 22.5. The van der Waals surface area contributed by atoms with Crippen molar-refractivity contribution in [2.45, 2.75) is 64.7 Å². The summed E-state index contributed by atoms with van der Waals surface area (Å²) in [5.41, 5.74) is 2.46. The molecule has 0 radical (unpaired) electrons. The fraction of sp³-hybridized carbons (Fsp3) is 0.500. The molecule has 1 fully saturated rings. The maximum Gasteiger partial charge on any atom is 0.393 e. The largest absolute Gasteiger partial charge is 0.393 e. The van der Waals surface area contributed by atoms with Gasteiger partial charge in [-0.15, -0.1) is 0 Å². The van der Waals surface area contributed by atoms with Crippen molar-refractivity contribution < 1.29 is 18.0 Å². The van der Waals surface area contributed by atoms with Gasteiger partial charge in [-0.05, 0) is 82.8 Å². The van der Waals surface area contributed by atoms with E-state index in [4.69, 9.17) is 11.6 Å². The first-order valence-electron chi connectivity index (χ1n) is 13.1. The zero-order valence-electron chi connectivity index (χ0n) is 21.7. The van der Waals surface area contributed by atoms with Crippen LogP contribution in [0.15, 0.2) is 47.5 Å². The minimum atomic E-state index is -4.13. The first-order valence-corrected chi connectivity index (χ1v) is 13.5. The molecule has 4 rings (SSSR count). The number of amides is 1. The molecule has 0 saturated carbocycles. The summed E-state index contributed by atoms with van der Waals surface area (Å²) in [5.74, 6) is -1.49. The highest BCUT2D eigenvalue weighted by Gasteiger charge is 2.41. The molecule has 1 aliphatic rings. The average molecular weight is 551 g/mol. The first kappa shape index (κ1) is 28.2. The number of rotatable bonds is 9. The number of carbonyl (C=O) groups is 1. The Hall–Kier alpha value is -2.78. The molecule has 2 aromatic heterocycles. The molecule has 0 spiro atoms. The lowest BCUT2D eigenvalue weighted by atomic mass is 9.97. The molecule has 0 aliphatic carbocycles. The van der Waals surface area contributed by atoms with Crippen molar-refractivity contribution in [3.8, 4) is 11.3 Å². The van der Waals surface area contributed by atoms with Gasteiger partial charge in [0.1, 0.15) is 12.1 Å². The maximum absolute atomic E-state index is 13.5. The Morgan fingerprint density at radius 2 is 1.97 bits per heavy atom. The van der Waals surface area contributed by atoms with Crippen LogP contribution in [0.1, 0.15) is 45.1 Å². The van der Waals surface area contributed by atoms with Crippen LogP contribution in [0.5, 0.6) is 0 Å². The highest BCUT2D eigenvalue weighted by atomic mass is 35.5. The molecular weight excluding hydrogens is 517 g/mol. The fourth-order valence-corrected chi connectivity index (χ4v) is 5.33. The van der Waals surface area contributed by atoms with Gasteiger partial charge in [0.2, 0.25) is 5.91 Å². The second-order valence-corrected chi connectivity index (χ2v) is 10.9. The van der Waals surface area contributed by atoms with Gasteiger partial charge in [-0.3, -0.25) is 14.2 Å². The van der Waals surface area contributed by atoms with Gasteiger partial charge in [0.25, 0.3) is 5.56 Å². The van der Waals surface area contributed by atoms with Crippen LogP contribution in [0.4, 0.5) is 13.2 Å². The lowest BCUT2D eigenvalue weighted by Crippen LogP contribution is -2.42. The van der Waals surface area contributed by atoms with Gasteiger partial charge in [0.05, 0.1) is 11.6 Å². The van der Waals surface area contributed by atoms with Crippen LogP contribution in [0, 0.1) is 5.92 Å². The van der Waals surface area contributed by atoms with E-state index in [1.807, 2.05) is 43.3 Å². The van der Waals surface area contributed by atoms with Gasteiger partial charge in [-0.1, -0.05) is 23.7 Å². The SMILES string of the molecule is CC(C)NC(=O)Cn1c(-c2cccc(Cl)c2)cn2cc(CCCCN3CCC[C@H](C(F)(F)F)C3)cc2c1=O. The second-order valence-electron chi connectivity index (χ2n) is 10.4. The molecule has 0 unspecified atom stereocenters. The second kappa shape index (κ2) is 11.9. The molecular formula is C28H34ClF3N4O2. The molecule has 1 aliphatic heterocycles. The van der Waals surface area contributed by atoms with Crippen molar-refractivity contribution in [1.82, 2.24) is 19.2 Å². The smallest absolute Gasteiger partial charge is 0.352 e. The average Bonchev–Trinajstić information content (AvgIpc) is 3.26. The molecule has 1 N–H and O–H groups in total. The van der Waals surface area contributed by atoms with Crippen LogP contribution >= 0.6 is 11.6 Å². The van der Waals surface area contributed by atoms with Crippen LogP contribution in [-0.2, 0) is 17.8 Å². The summed E-state index contributed by atoms with van der Waals surface area (Å²) in [4.78, 5) is 28.0. The van der Waals surface area contributed by atoms with E-state index in [9.17, 15) is 22.8 Å². The number of nitrogens with zero attached hydrogens (tertiary/aromatic N) is 3. The number of nitrogens with one attached hydrogen (secondary N) is 1. The molecule has 0 bridgehead atoms. The van der Waals surface area contributed by atoms with Crippen molar-refractivity contribution in [3.63, 3.8) is 0 Å².